The first-order valence-corrected chi connectivity index (χ1v) is 6.93. The van der Waals surface area contributed by atoms with Crippen molar-refractivity contribution in [1.29, 1.82) is 0 Å². The van der Waals surface area contributed by atoms with E-state index >= 15 is 0 Å². The van der Waals surface area contributed by atoms with Gasteiger partial charge in [0.1, 0.15) is 0 Å². The van der Waals surface area contributed by atoms with E-state index in [1.54, 1.807) is 6.08 Å². The van der Waals surface area contributed by atoms with Crippen molar-refractivity contribution in [2.45, 2.75) is 54.4 Å². The molecule has 0 saturated heterocycles. The minimum Gasteiger partial charge on any atom is -0.295 e. The summed E-state index contributed by atoms with van der Waals surface area (Å²) in [6.07, 6.45) is 3.55. The maximum Gasteiger partial charge on any atom is 0.156 e. The minimum absolute atomic E-state index is 0.204. The molecule has 1 aromatic rings. The average Bonchev–Trinajstić information content (AvgIpc) is 2.10. The predicted octanol–water partition coefficient (Wildman–Crippen LogP) is 4.93. The highest BCUT2D eigenvalue weighted by atomic mass is 16.1. The molecule has 0 N–H and O–H groups in total. The maximum atomic E-state index is 11.0. The molecule has 0 spiro atoms. The minimum atomic E-state index is 0.204. The van der Waals surface area contributed by atoms with Gasteiger partial charge in [0.05, 0.1) is 0 Å². The van der Waals surface area contributed by atoms with Crippen molar-refractivity contribution in [3.63, 3.8) is 0 Å². The van der Waals surface area contributed by atoms with Crippen LogP contribution in [-0.2, 0) is 4.79 Å². The number of ketones is 1. The van der Waals surface area contributed by atoms with E-state index in [1.165, 1.54) is 22.3 Å². The number of hydrogen-bond acceptors (Lipinski definition) is 1. The number of carbonyl (C=O) groups is 1. The van der Waals surface area contributed by atoms with Crippen LogP contribution in [0.2, 0.25) is 0 Å². The monoisotopic (exact) mass is 258 g/mol. The SMILES string of the molecule is CC1=CC(=O)CC(C)(C)C1.Cc1cc(C)cc(C)c1. The summed E-state index contributed by atoms with van der Waals surface area (Å²) in [6.45, 7) is 12.7. The molecule has 1 aliphatic carbocycles. The molecule has 0 atom stereocenters. The molecule has 0 saturated carbocycles. The zero-order valence-corrected chi connectivity index (χ0v) is 13.1. The van der Waals surface area contributed by atoms with Crippen LogP contribution in [0, 0.1) is 26.2 Å². The quantitative estimate of drug-likeness (QED) is 0.644. The topological polar surface area (TPSA) is 17.1 Å². The van der Waals surface area contributed by atoms with Gasteiger partial charge in [-0.2, -0.15) is 0 Å². The van der Waals surface area contributed by atoms with Crippen molar-refractivity contribution in [3.8, 4) is 0 Å². The molecule has 19 heavy (non-hydrogen) atoms. The van der Waals surface area contributed by atoms with Gasteiger partial charge in [-0.15, -0.1) is 0 Å². The molecule has 1 nitrogen and oxygen atoms in total. The Kier molecular flexibility index (Phi) is 5.11. The number of carbonyl (C=O) groups excluding carboxylic acids is 1. The molecule has 2 rings (SSSR count). The van der Waals surface area contributed by atoms with Gasteiger partial charge in [-0.25, -0.2) is 0 Å². The molecular weight excluding hydrogens is 232 g/mol. The van der Waals surface area contributed by atoms with Gasteiger partial charge >= 0.3 is 0 Å². The zero-order valence-electron chi connectivity index (χ0n) is 13.1. The van der Waals surface area contributed by atoms with Crippen molar-refractivity contribution >= 4 is 5.78 Å². The molecule has 1 aliphatic rings. The van der Waals surface area contributed by atoms with Crippen molar-refractivity contribution < 1.29 is 4.79 Å². The molecule has 0 aromatic heterocycles. The summed E-state index contributed by atoms with van der Waals surface area (Å²) in [4.78, 5) is 11.0. The molecule has 0 radical (unpaired) electrons. The van der Waals surface area contributed by atoms with Gasteiger partial charge in [-0.1, -0.05) is 54.3 Å². The van der Waals surface area contributed by atoms with Crippen molar-refractivity contribution in [1.82, 2.24) is 0 Å². The number of allylic oxidation sites excluding steroid dienone is 2. The van der Waals surface area contributed by atoms with E-state index in [1.807, 2.05) is 6.92 Å². The lowest BCUT2D eigenvalue weighted by Crippen LogP contribution is -2.20. The van der Waals surface area contributed by atoms with E-state index in [4.69, 9.17) is 0 Å². The van der Waals surface area contributed by atoms with E-state index in [0.717, 1.165) is 6.42 Å². The van der Waals surface area contributed by atoms with Crippen LogP contribution < -0.4 is 0 Å². The van der Waals surface area contributed by atoms with Gasteiger partial charge in [0.2, 0.25) is 0 Å². The lowest BCUT2D eigenvalue weighted by Gasteiger charge is -2.27. The highest BCUT2D eigenvalue weighted by molar-refractivity contribution is 5.91. The van der Waals surface area contributed by atoms with Crippen molar-refractivity contribution in [2.75, 3.05) is 0 Å². The van der Waals surface area contributed by atoms with Crippen LogP contribution in [0.3, 0.4) is 0 Å². The first-order valence-electron chi connectivity index (χ1n) is 6.93. The lowest BCUT2D eigenvalue weighted by atomic mass is 9.77. The molecule has 0 bridgehead atoms. The standard InChI is InChI=1S/C9H14O.C9H12/c1-7-4-8(10)6-9(2,3)5-7;1-7-4-8(2)6-9(3)5-7/h4H,5-6H2,1-3H3;4-6H,1-3H3. The Hall–Kier alpha value is -1.37. The summed E-state index contributed by atoms with van der Waals surface area (Å²) >= 11 is 0. The van der Waals surface area contributed by atoms with Crippen LogP contribution in [0.1, 0.15) is 50.3 Å². The van der Waals surface area contributed by atoms with Gasteiger partial charge in [-0.3, -0.25) is 4.79 Å². The molecular formula is C18H26O. The molecule has 0 unspecified atom stereocenters. The highest BCUT2D eigenvalue weighted by Gasteiger charge is 2.25. The van der Waals surface area contributed by atoms with E-state index in [2.05, 4.69) is 52.8 Å². The lowest BCUT2D eigenvalue weighted by molar-refractivity contribution is -0.117. The fourth-order valence-corrected chi connectivity index (χ4v) is 2.87. The Bertz CT molecular complexity index is 442. The summed E-state index contributed by atoms with van der Waals surface area (Å²) in [5, 5.41) is 0. The summed E-state index contributed by atoms with van der Waals surface area (Å²) in [6, 6.07) is 6.56. The van der Waals surface area contributed by atoms with Gasteiger partial charge < -0.3 is 0 Å². The summed E-state index contributed by atoms with van der Waals surface area (Å²) in [7, 11) is 0. The summed E-state index contributed by atoms with van der Waals surface area (Å²) < 4.78 is 0. The van der Waals surface area contributed by atoms with Crippen molar-refractivity contribution in [3.05, 3.63) is 46.5 Å². The second-order valence-corrected chi connectivity index (χ2v) is 6.64. The number of aryl methyl sites for hydroxylation is 3. The maximum absolute atomic E-state index is 11.0. The average molecular weight is 258 g/mol. The smallest absolute Gasteiger partial charge is 0.156 e. The first-order chi connectivity index (χ1) is 8.68. The molecule has 0 fully saturated rings. The largest absolute Gasteiger partial charge is 0.295 e. The van der Waals surface area contributed by atoms with Crippen LogP contribution in [0.4, 0.5) is 0 Å². The molecule has 104 valence electrons. The Morgan fingerprint density at radius 2 is 1.26 bits per heavy atom. The molecule has 0 heterocycles. The second-order valence-electron chi connectivity index (χ2n) is 6.64. The third-order valence-electron chi connectivity index (χ3n) is 3.18. The van der Waals surface area contributed by atoms with E-state index < -0.39 is 0 Å². The van der Waals surface area contributed by atoms with Crippen LogP contribution in [0.25, 0.3) is 0 Å². The van der Waals surface area contributed by atoms with Crippen molar-refractivity contribution in [2.24, 2.45) is 5.41 Å². The summed E-state index contributed by atoms with van der Waals surface area (Å²) in [5.74, 6) is 0.286. The zero-order chi connectivity index (χ0) is 14.6. The highest BCUT2D eigenvalue weighted by Crippen LogP contribution is 2.32. The fraction of sp³-hybridized carbons (Fsp3) is 0.500. The summed E-state index contributed by atoms with van der Waals surface area (Å²) in [5.41, 5.74) is 5.49. The van der Waals surface area contributed by atoms with Crippen LogP contribution >= 0.6 is 0 Å². The van der Waals surface area contributed by atoms with Gasteiger partial charge in [0.25, 0.3) is 0 Å². The third kappa shape index (κ3) is 5.87. The fourth-order valence-electron chi connectivity index (χ4n) is 2.87. The first kappa shape index (κ1) is 15.7. The van der Waals surface area contributed by atoms with Gasteiger partial charge in [-0.05, 0) is 45.6 Å². The number of benzene rings is 1. The molecule has 0 amide bonds. The number of hydrogen-bond donors (Lipinski definition) is 0. The molecule has 0 aliphatic heterocycles. The number of rotatable bonds is 0. The Morgan fingerprint density at radius 3 is 1.58 bits per heavy atom. The van der Waals surface area contributed by atoms with Crippen LogP contribution in [-0.4, -0.2) is 5.78 Å². The molecule has 1 aromatic carbocycles. The second kappa shape index (κ2) is 6.18. The molecule has 1 heteroatoms. The third-order valence-corrected chi connectivity index (χ3v) is 3.18. The van der Waals surface area contributed by atoms with Crippen LogP contribution in [0.5, 0.6) is 0 Å². The van der Waals surface area contributed by atoms with E-state index in [9.17, 15) is 4.79 Å². The Morgan fingerprint density at radius 1 is 0.842 bits per heavy atom. The normalized spacial score (nSPS) is 17.4. The van der Waals surface area contributed by atoms with Crippen LogP contribution in [0.15, 0.2) is 29.8 Å². The van der Waals surface area contributed by atoms with E-state index in [0.29, 0.717) is 6.42 Å². The van der Waals surface area contributed by atoms with E-state index in [-0.39, 0.29) is 11.2 Å². The Balaban J connectivity index is 0.000000191. The van der Waals surface area contributed by atoms with Gasteiger partial charge in [0, 0.05) is 6.42 Å². The van der Waals surface area contributed by atoms with Gasteiger partial charge in [0.15, 0.2) is 5.78 Å². The predicted molar refractivity (Wildman–Crippen MR) is 82.4 cm³/mol. The Labute approximate surface area is 117 Å².